The molecule has 0 fully saturated rings. The highest BCUT2D eigenvalue weighted by molar-refractivity contribution is 5.91. The van der Waals surface area contributed by atoms with Gasteiger partial charge in [-0.25, -0.2) is 9.59 Å². The third kappa shape index (κ3) is 8.30. The smallest absolute Gasteiger partial charge is 0.339 e. The monoisotopic (exact) mass is 420 g/mol. The summed E-state index contributed by atoms with van der Waals surface area (Å²) in [5, 5.41) is 36.1. The molecule has 0 unspecified atom stereocenters. The van der Waals surface area contributed by atoms with Crippen LogP contribution >= 0.6 is 0 Å². The maximum atomic E-state index is 10.6. The molecule has 0 spiro atoms. The Labute approximate surface area is 175 Å². The van der Waals surface area contributed by atoms with Gasteiger partial charge in [-0.15, -0.1) is 0 Å². The molecule has 0 heterocycles. The van der Waals surface area contributed by atoms with E-state index in [0.29, 0.717) is 24.7 Å². The first kappa shape index (κ1) is 24.6. The molecule has 0 saturated heterocycles. The molecule has 0 bridgehead atoms. The number of ether oxygens (including phenoxy) is 2. The van der Waals surface area contributed by atoms with Gasteiger partial charge < -0.3 is 29.9 Å². The number of phenols is 2. The lowest BCUT2D eigenvalue weighted by molar-refractivity contribution is 0.0682. The predicted molar refractivity (Wildman–Crippen MR) is 111 cm³/mol. The summed E-state index contributed by atoms with van der Waals surface area (Å²) >= 11 is 0. The van der Waals surface area contributed by atoms with Crippen molar-refractivity contribution in [3.63, 3.8) is 0 Å². The van der Waals surface area contributed by atoms with Crippen molar-refractivity contribution >= 4 is 11.9 Å². The van der Waals surface area contributed by atoms with E-state index in [-0.39, 0.29) is 22.6 Å². The van der Waals surface area contributed by atoms with Crippen LogP contribution in [0.3, 0.4) is 0 Å². The summed E-state index contributed by atoms with van der Waals surface area (Å²) in [6.45, 7) is 5.24. The summed E-state index contributed by atoms with van der Waals surface area (Å²) in [5.41, 5.74) is -0.226. The molecule has 0 aliphatic carbocycles. The van der Waals surface area contributed by atoms with E-state index in [4.69, 9.17) is 19.7 Å². The number of hydrogen-bond donors (Lipinski definition) is 4. The number of aromatic carboxylic acids is 2. The largest absolute Gasteiger partial charge is 0.507 e. The minimum Gasteiger partial charge on any atom is -0.507 e. The Morgan fingerprint density at radius 3 is 1.37 bits per heavy atom. The molecule has 0 radical (unpaired) electrons. The molecule has 2 aromatic rings. The van der Waals surface area contributed by atoms with Gasteiger partial charge in [-0.3, -0.25) is 0 Å². The van der Waals surface area contributed by atoms with Crippen LogP contribution in [0.4, 0.5) is 0 Å². The zero-order valence-corrected chi connectivity index (χ0v) is 17.1. The van der Waals surface area contributed by atoms with E-state index in [1.807, 2.05) is 13.8 Å². The van der Waals surface area contributed by atoms with Gasteiger partial charge in [-0.2, -0.15) is 0 Å². The average molecular weight is 420 g/mol. The number of carboxylic acid groups (broad SMARTS) is 2. The highest BCUT2D eigenvalue weighted by atomic mass is 16.5. The molecule has 8 nitrogen and oxygen atoms in total. The summed E-state index contributed by atoms with van der Waals surface area (Å²) in [5.74, 6) is -1.84. The van der Waals surface area contributed by atoms with Crippen LogP contribution in [0.15, 0.2) is 36.4 Å². The second-order valence-electron chi connectivity index (χ2n) is 6.37. The lowest BCUT2D eigenvalue weighted by atomic mass is 10.2. The van der Waals surface area contributed by atoms with E-state index in [1.165, 1.54) is 24.3 Å². The minimum atomic E-state index is -1.15. The van der Waals surface area contributed by atoms with E-state index < -0.39 is 11.9 Å². The maximum absolute atomic E-state index is 10.6. The number of benzene rings is 2. The summed E-state index contributed by atoms with van der Waals surface area (Å²) < 4.78 is 10.6. The van der Waals surface area contributed by atoms with Crippen LogP contribution in [0, 0.1) is 0 Å². The van der Waals surface area contributed by atoms with Crippen LogP contribution < -0.4 is 9.47 Å². The Balaban J connectivity index is 0.000000300. The van der Waals surface area contributed by atoms with Crippen molar-refractivity contribution in [2.24, 2.45) is 0 Å². The van der Waals surface area contributed by atoms with Gasteiger partial charge in [0.05, 0.1) is 13.2 Å². The zero-order chi connectivity index (χ0) is 22.5. The molecule has 0 amide bonds. The zero-order valence-electron chi connectivity index (χ0n) is 17.1. The average Bonchev–Trinajstić information content (AvgIpc) is 2.68. The fraction of sp³-hybridized carbons (Fsp3) is 0.364. The first-order valence-corrected chi connectivity index (χ1v) is 9.68. The van der Waals surface area contributed by atoms with Crippen LogP contribution in [0.2, 0.25) is 0 Å². The Morgan fingerprint density at radius 1 is 0.733 bits per heavy atom. The van der Waals surface area contributed by atoms with Gasteiger partial charge in [0.15, 0.2) is 0 Å². The number of hydrogen-bond acceptors (Lipinski definition) is 6. The summed E-state index contributed by atoms with van der Waals surface area (Å²) in [7, 11) is 0. The number of rotatable bonds is 10. The molecule has 0 atom stereocenters. The fourth-order valence-corrected chi connectivity index (χ4v) is 2.23. The molecule has 8 heteroatoms. The van der Waals surface area contributed by atoms with E-state index in [9.17, 15) is 19.8 Å². The highest BCUT2D eigenvalue weighted by Gasteiger charge is 2.10. The van der Waals surface area contributed by atoms with Crippen molar-refractivity contribution in [1.29, 1.82) is 0 Å². The summed E-state index contributed by atoms with van der Waals surface area (Å²) in [4.78, 5) is 21.2. The lowest BCUT2D eigenvalue weighted by Crippen LogP contribution is -1.99. The van der Waals surface area contributed by atoms with Crippen LogP contribution in [-0.4, -0.2) is 45.6 Å². The third-order valence-corrected chi connectivity index (χ3v) is 3.93. The minimum absolute atomic E-state index is 0.113. The Kier molecular flexibility index (Phi) is 10.6. The second-order valence-corrected chi connectivity index (χ2v) is 6.37. The number of carbonyl (C=O) groups is 2. The quantitative estimate of drug-likeness (QED) is 0.412. The topological polar surface area (TPSA) is 134 Å². The lowest BCUT2D eigenvalue weighted by Gasteiger charge is -2.06. The molecule has 0 aromatic heterocycles. The second kappa shape index (κ2) is 12.9. The fourth-order valence-electron chi connectivity index (χ4n) is 2.23. The van der Waals surface area contributed by atoms with Crippen molar-refractivity contribution in [2.75, 3.05) is 13.2 Å². The van der Waals surface area contributed by atoms with Crippen LogP contribution in [-0.2, 0) is 0 Å². The van der Waals surface area contributed by atoms with E-state index in [2.05, 4.69) is 0 Å². The molecule has 2 aromatic carbocycles. The number of aromatic hydroxyl groups is 2. The summed E-state index contributed by atoms with van der Waals surface area (Å²) in [6, 6.07) is 8.38. The molecule has 30 heavy (non-hydrogen) atoms. The van der Waals surface area contributed by atoms with Crippen molar-refractivity contribution in [1.82, 2.24) is 0 Å². The SMILES string of the molecule is CCCCOc1ccc(C(=O)O)c(O)c1.CCCCOc1ccc(C(=O)O)c(O)c1. The third-order valence-electron chi connectivity index (χ3n) is 3.93. The molecule has 0 saturated carbocycles. The number of unbranched alkanes of at least 4 members (excludes halogenated alkanes) is 2. The Bertz CT molecular complexity index is 762. The van der Waals surface area contributed by atoms with Crippen LogP contribution in [0.25, 0.3) is 0 Å². The van der Waals surface area contributed by atoms with Crippen LogP contribution in [0.1, 0.15) is 60.2 Å². The molecule has 164 valence electrons. The first-order valence-electron chi connectivity index (χ1n) is 9.68. The van der Waals surface area contributed by atoms with Crippen LogP contribution in [0.5, 0.6) is 23.0 Å². The molecular formula is C22H28O8. The van der Waals surface area contributed by atoms with Crippen molar-refractivity contribution < 1.29 is 39.5 Å². The summed E-state index contributed by atoms with van der Waals surface area (Å²) in [6.07, 6.45) is 3.92. The first-order chi connectivity index (χ1) is 14.3. The normalized spacial score (nSPS) is 9.93. The maximum Gasteiger partial charge on any atom is 0.339 e. The van der Waals surface area contributed by atoms with E-state index in [1.54, 1.807) is 12.1 Å². The van der Waals surface area contributed by atoms with Gasteiger partial charge in [0.2, 0.25) is 0 Å². The Hall–Kier alpha value is -3.42. The predicted octanol–water partition coefficient (Wildman–Crippen LogP) is 4.54. The molecule has 0 aliphatic heterocycles. The van der Waals surface area contributed by atoms with Gasteiger partial charge in [0.1, 0.15) is 34.1 Å². The highest BCUT2D eigenvalue weighted by Crippen LogP contribution is 2.24. The van der Waals surface area contributed by atoms with E-state index in [0.717, 1.165) is 25.7 Å². The van der Waals surface area contributed by atoms with Gasteiger partial charge >= 0.3 is 11.9 Å². The molecule has 2 rings (SSSR count). The molecule has 0 aliphatic rings. The van der Waals surface area contributed by atoms with Crippen molar-refractivity contribution in [2.45, 2.75) is 39.5 Å². The number of carboxylic acids is 2. The standard InChI is InChI=1S/2C11H14O4/c2*1-2-3-6-15-8-4-5-9(11(13)14)10(12)7-8/h2*4-5,7,12H,2-3,6H2,1H3,(H,13,14). The van der Waals surface area contributed by atoms with Gasteiger partial charge in [-0.1, -0.05) is 26.7 Å². The van der Waals surface area contributed by atoms with Crippen molar-refractivity contribution in [3.8, 4) is 23.0 Å². The van der Waals surface area contributed by atoms with E-state index >= 15 is 0 Å². The molecule has 4 N–H and O–H groups in total. The Morgan fingerprint density at radius 2 is 1.10 bits per heavy atom. The van der Waals surface area contributed by atoms with Gasteiger partial charge in [0.25, 0.3) is 0 Å². The van der Waals surface area contributed by atoms with Gasteiger partial charge in [-0.05, 0) is 37.1 Å². The molecular weight excluding hydrogens is 392 g/mol. The van der Waals surface area contributed by atoms with Gasteiger partial charge in [0, 0.05) is 12.1 Å². The van der Waals surface area contributed by atoms with Crippen molar-refractivity contribution in [3.05, 3.63) is 47.5 Å².